The third kappa shape index (κ3) is 3.33. The Morgan fingerprint density at radius 2 is 2.05 bits per heavy atom. The van der Waals surface area contributed by atoms with Crippen LogP contribution in [0.5, 0.6) is 5.75 Å². The maximum Gasteiger partial charge on any atom is 0.119 e. The van der Waals surface area contributed by atoms with Gasteiger partial charge in [0.25, 0.3) is 0 Å². The first-order valence-corrected chi connectivity index (χ1v) is 7.82. The molecule has 0 amide bonds. The van der Waals surface area contributed by atoms with Gasteiger partial charge in [0.05, 0.1) is 7.11 Å². The van der Waals surface area contributed by atoms with Gasteiger partial charge in [-0.1, -0.05) is 6.07 Å². The van der Waals surface area contributed by atoms with Crippen molar-refractivity contribution in [2.24, 2.45) is 5.92 Å². The van der Waals surface area contributed by atoms with Crippen LogP contribution in [0.3, 0.4) is 0 Å². The zero-order valence-electron chi connectivity index (χ0n) is 12.4. The molecule has 1 aromatic rings. The van der Waals surface area contributed by atoms with Crippen LogP contribution in [0.15, 0.2) is 18.2 Å². The summed E-state index contributed by atoms with van der Waals surface area (Å²) in [6.07, 6.45) is 6.00. The molecular formula is C17H25NO2. The molecule has 3 nitrogen and oxygen atoms in total. The van der Waals surface area contributed by atoms with Crippen molar-refractivity contribution >= 4 is 0 Å². The highest BCUT2D eigenvalue weighted by Gasteiger charge is 2.20. The summed E-state index contributed by atoms with van der Waals surface area (Å²) in [5, 5.41) is 3.77. The smallest absolute Gasteiger partial charge is 0.119 e. The molecule has 0 spiro atoms. The van der Waals surface area contributed by atoms with E-state index in [4.69, 9.17) is 9.47 Å². The highest BCUT2D eigenvalue weighted by molar-refractivity contribution is 5.37. The number of hydrogen-bond donors (Lipinski definition) is 1. The standard InChI is InChI=1S/C17H25NO2/c1-19-17-5-3-14-2-4-16(10-15(14)11-17)18-12-13-6-8-20-9-7-13/h3,5,11,13,16,18H,2,4,6-10,12H2,1H3. The topological polar surface area (TPSA) is 30.5 Å². The van der Waals surface area contributed by atoms with Crippen molar-refractivity contribution in [3.8, 4) is 5.75 Å². The van der Waals surface area contributed by atoms with Gasteiger partial charge in [0.1, 0.15) is 5.75 Å². The Bertz CT molecular complexity index is 441. The van der Waals surface area contributed by atoms with Crippen LogP contribution >= 0.6 is 0 Å². The van der Waals surface area contributed by atoms with Crippen LogP contribution in [0.25, 0.3) is 0 Å². The summed E-state index contributed by atoms with van der Waals surface area (Å²) >= 11 is 0. The molecule has 1 aliphatic heterocycles. The molecule has 2 aliphatic rings. The number of aryl methyl sites for hydroxylation is 1. The lowest BCUT2D eigenvalue weighted by Gasteiger charge is -2.29. The van der Waals surface area contributed by atoms with Crippen molar-refractivity contribution in [2.45, 2.75) is 38.1 Å². The van der Waals surface area contributed by atoms with Gasteiger partial charge < -0.3 is 14.8 Å². The number of fused-ring (bicyclic) bond motifs is 1. The molecule has 1 N–H and O–H groups in total. The van der Waals surface area contributed by atoms with E-state index in [9.17, 15) is 0 Å². The van der Waals surface area contributed by atoms with Gasteiger partial charge >= 0.3 is 0 Å². The first kappa shape index (κ1) is 13.9. The highest BCUT2D eigenvalue weighted by atomic mass is 16.5. The summed E-state index contributed by atoms with van der Waals surface area (Å²) in [5.74, 6) is 1.78. The Labute approximate surface area is 121 Å². The van der Waals surface area contributed by atoms with Crippen LogP contribution in [-0.4, -0.2) is 32.9 Å². The minimum absolute atomic E-state index is 0.623. The van der Waals surface area contributed by atoms with E-state index in [0.29, 0.717) is 6.04 Å². The molecule has 1 aromatic carbocycles. The van der Waals surface area contributed by atoms with Crippen LogP contribution in [0, 0.1) is 5.92 Å². The van der Waals surface area contributed by atoms with E-state index in [1.807, 2.05) is 0 Å². The molecule has 3 rings (SSSR count). The van der Waals surface area contributed by atoms with Gasteiger partial charge in [-0.2, -0.15) is 0 Å². The molecule has 0 saturated carbocycles. The summed E-state index contributed by atoms with van der Waals surface area (Å²) in [4.78, 5) is 0. The Morgan fingerprint density at radius 1 is 1.20 bits per heavy atom. The van der Waals surface area contributed by atoms with E-state index >= 15 is 0 Å². The highest BCUT2D eigenvalue weighted by Crippen LogP contribution is 2.26. The lowest BCUT2D eigenvalue weighted by atomic mass is 9.87. The van der Waals surface area contributed by atoms with Crippen LogP contribution in [0.2, 0.25) is 0 Å². The number of nitrogens with one attached hydrogen (secondary N) is 1. The first-order chi connectivity index (χ1) is 9.85. The van der Waals surface area contributed by atoms with Gasteiger partial charge in [0.2, 0.25) is 0 Å². The van der Waals surface area contributed by atoms with E-state index < -0.39 is 0 Å². The maximum absolute atomic E-state index is 5.42. The van der Waals surface area contributed by atoms with Gasteiger partial charge in [-0.15, -0.1) is 0 Å². The summed E-state index contributed by atoms with van der Waals surface area (Å²) in [6, 6.07) is 7.13. The number of benzene rings is 1. The van der Waals surface area contributed by atoms with Crippen molar-refractivity contribution in [1.82, 2.24) is 5.32 Å². The van der Waals surface area contributed by atoms with Gasteiger partial charge in [-0.05, 0) is 67.8 Å². The van der Waals surface area contributed by atoms with Gasteiger partial charge in [0, 0.05) is 19.3 Å². The quantitative estimate of drug-likeness (QED) is 0.916. The largest absolute Gasteiger partial charge is 0.497 e. The van der Waals surface area contributed by atoms with E-state index in [1.54, 1.807) is 7.11 Å². The van der Waals surface area contributed by atoms with Crippen LogP contribution < -0.4 is 10.1 Å². The van der Waals surface area contributed by atoms with E-state index in [1.165, 1.54) is 36.8 Å². The predicted octanol–water partition coefficient (Wildman–Crippen LogP) is 2.57. The average Bonchev–Trinajstić information content (AvgIpc) is 2.53. The number of hydrogen-bond acceptors (Lipinski definition) is 3. The molecule has 110 valence electrons. The first-order valence-electron chi connectivity index (χ1n) is 7.82. The molecule has 1 unspecified atom stereocenters. The Morgan fingerprint density at radius 3 is 2.85 bits per heavy atom. The molecule has 1 fully saturated rings. The van der Waals surface area contributed by atoms with E-state index in [-0.39, 0.29) is 0 Å². The molecule has 1 heterocycles. The number of ether oxygens (including phenoxy) is 2. The number of rotatable bonds is 4. The third-order valence-electron chi connectivity index (χ3n) is 4.68. The molecule has 1 saturated heterocycles. The molecule has 0 radical (unpaired) electrons. The zero-order chi connectivity index (χ0) is 13.8. The molecule has 0 aromatic heterocycles. The van der Waals surface area contributed by atoms with Crippen molar-refractivity contribution < 1.29 is 9.47 Å². The van der Waals surface area contributed by atoms with Crippen LogP contribution in [-0.2, 0) is 17.6 Å². The summed E-state index contributed by atoms with van der Waals surface area (Å²) in [6.45, 7) is 3.03. The average molecular weight is 275 g/mol. The normalized spacial score (nSPS) is 23.4. The second-order valence-corrected chi connectivity index (χ2v) is 6.04. The van der Waals surface area contributed by atoms with Gasteiger partial charge in [-0.3, -0.25) is 0 Å². The fourth-order valence-corrected chi connectivity index (χ4v) is 3.32. The van der Waals surface area contributed by atoms with Crippen molar-refractivity contribution in [1.29, 1.82) is 0 Å². The summed E-state index contributed by atoms with van der Waals surface area (Å²) in [7, 11) is 1.74. The lowest BCUT2D eigenvalue weighted by Crippen LogP contribution is -2.38. The summed E-state index contributed by atoms with van der Waals surface area (Å²) in [5.41, 5.74) is 2.95. The Kier molecular flexibility index (Phi) is 4.58. The molecule has 20 heavy (non-hydrogen) atoms. The summed E-state index contributed by atoms with van der Waals surface area (Å²) < 4.78 is 10.8. The molecular weight excluding hydrogens is 250 g/mol. The predicted molar refractivity (Wildman–Crippen MR) is 80.4 cm³/mol. The molecule has 0 bridgehead atoms. The Balaban J connectivity index is 1.54. The molecule has 1 aliphatic carbocycles. The minimum atomic E-state index is 0.623. The van der Waals surface area contributed by atoms with Gasteiger partial charge in [0.15, 0.2) is 0 Å². The second-order valence-electron chi connectivity index (χ2n) is 6.04. The van der Waals surface area contributed by atoms with Crippen molar-refractivity contribution in [2.75, 3.05) is 26.9 Å². The fraction of sp³-hybridized carbons (Fsp3) is 0.647. The van der Waals surface area contributed by atoms with E-state index in [0.717, 1.165) is 37.8 Å². The van der Waals surface area contributed by atoms with Gasteiger partial charge in [-0.25, -0.2) is 0 Å². The van der Waals surface area contributed by atoms with Crippen LogP contribution in [0.4, 0.5) is 0 Å². The van der Waals surface area contributed by atoms with Crippen molar-refractivity contribution in [3.63, 3.8) is 0 Å². The van der Waals surface area contributed by atoms with Crippen LogP contribution in [0.1, 0.15) is 30.4 Å². The third-order valence-corrected chi connectivity index (χ3v) is 4.68. The zero-order valence-corrected chi connectivity index (χ0v) is 12.4. The maximum atomic E-state index is 5.42. The van der Waals surface area contributed by atoms with E-state index in [2.05, 4.69) is 23.5 Å². The Hall–Kier alpha value is -1.06. The SMILES string of the molecule is COc1ccc2c(c1)CC(NCC1CCOCC1)CC2. The lowest BCUT2D eigenvalue weighted by molar-refractivity contribution is 0.0653. The molecule has 1 atom stereocenters. The minimum Gasteiger partial charge on any atom is -0.497 e. The fourth-order valence-electron chi connectivity index (χ4n) is 3.32. The molecule has 3 heteroatoms. The second kappa shape index (κ2) is 6.59. The monoisotopic (exact) mass is 275 g/mol. The van der Waals surface area contributed by atoms with Crippen molar-refractivity contribution in [3.05, 3.63) is 29.3 Å². The number of methoxy groups -OCH3 is 1.